The number of benzene rings is 1. The lowest BCUT2D eigenvalue weighted by Gasteiger charge is -2.32. The number of pyridine rings is 1. The normalized spacial score (nSPS) is 16.2. The van der Waals surface area contributed by atoms with Gasteiger partial charge >= 0.3 is 0 Å². The number of aryl methyl sites for hydroxylation is 1. The lowest BCUT2D eigenvalue weighted by atomic mass is 9.97. The standard InChI is InChI=1S/C25H31N5O3/c1-4-30-22-21(8-5-13-26-22)28-23(25(30)32)29-14-6-7-19(16-29)24(31)27-15-18-9-11-20(12-10-18)33-17(2)3/h5,8-13,17,19H,4,6-7,14-16H2,1-3H3,(H,27,31). The molecule has 1 unspecified atom stereocenters. The number of hydrogen-bond acceptors (Lipinski definition) is 6. The third-order valence-electron chi connectivity index (χ3n) is 5.85. The Morgan fingerprint density at radius 2 is 2.03 bits per heavy atom. The number of aromatic nitrogens is 3. The van der Waals surface area contributed by atoms with E-state index in [2.05, 4.69) is 15.3 Å². The van der Waals surface area contributed by atoms with Gasteiger partial charge in [0.15, 0.2) is 11.5 Å². The third-order valence-corrected chi connectivity index (χ3v) is 5.85. The Morgan fingerprint density at radius 3 is 2.76 bits per heavy atom. The summed E-state index contributed by atoms with van der Waals surface area (Å²) in [4.78, 5) is 36.9. The highest BCUT2D eigenvalue weighted by Crippen LogP contribution is 2.22. The van der Waals surface area contributed by atoms with Gasteiger partial charge in [-0.15, -0.1) is 0 Å². The number of fused-ring (bicyclic) bond motifs is 1. The molecular weight excluding hydrogens is 418 g/mol. The van der Waals surface area contributed by atoms with Gasteiger partial charge in [0.1, 0.15) is 11.3 Å². The number of piperidine rings is 1. The summed E-state index contributed by atoms with van der Waals surface area (Å²) < 4.78 is 7.31. The number of nitrogens with one attached hydrogen (secondary N) is 1. The number of nitrogens with zero attached hydrogens (tertiary/aromatic N) is 4. The van der Waals surface area contributed by atoms with E-state index in [4.69, 9.17) is 4.74 Å². The van der Waals surface area contributed by atoms with Crippen LogP contribution in [0.5, 0.6) is 5.75 Å². The summed E-state index contributed by atoms with van der Waals surface area (Å²) in [5.74, 6) is 1.03. The van der Waals surface area contributed by atoms with Gasteiger partial charge in [-0.25, -0.2) is 9.97 Å². The van der Waals surface area contributed by atoms with Crippen molar-refractivity contribution in [2.45, 2.75) is 52.8 Å². The molecule has 3 aromatic rings. The molecule has 1 atom stereocenters. The highest BCUT2D eigenvalue weighted by atomic mass is 16.5. The minimum atomic E-state index is -0.192. The van der Waals surface area contributed by atoms with E-state index in [0.29, 0.717) is 43.2 Å². The summed E-state index contributed by atoms with van der Waals surface area (Å²) >= 11 is 0. The van der Waals surface area contributed by atoms with E-state index in [1.807, 2.05) is 62.1 Å². The van der Waals surface area contributed by atoms with Crippen molar-refractivity contribution in [3.63, 3.8) is 0 Å². The van der Waals surface area contributed by atoms with Crippen molar-refractivity contribution < 1.29 is 9.53 Å². The van der Waals surface area contributed by atoms with Crippen LogP contribution in [0.2, 0.25) is 0 Å². The Kier molecular flexibility index (Phi) is 6.91. The van der Waals surface area contributed by atoms with Crippen molar-refractivity contribution in [3.05, 3.63) is 58.5 Å². The zero-order chi connectivity index (χ0) is 23.4. The first-order valence-corrected chi connectivity index (χ1v) is 11.6. The molecule has 1 saturated heterocycles. The fourth-order valence-electron chi connectivity index (χ4n) is 4.24. The molecule has 0 aliphatic carbocycles. The maximum atomic E-state index is 13.1. The van der Waals surface area contributed by atoms with Crippen LogP contribution in [0.3, 0.4) is 0 Å². The Labute approximate surface area is 193 Å². The number of ether oxygens (including phenoxy) is 1. The molecule has 1 aliphatic heterocycles. The average Bonchev–Trinajstić information content (AvgIpc) is 2.83. The van der Waals surface area contributed by atoms with E-state index < -0.39 is 0 Å². The van der Waals surface area contributed by atoms with Gasteiger partial charge in [0, 0.05) is 32.4 Å². The molecule has 0 saturated carbocycles. The molecule has 2 aromatic heterocycles. The van der Waals surface area contributed by atoms with Gasteiger partial charge in [-0.05, 0) is 63.4 Å². The lowest BCUT2D eigenvalue weighted by molar-refractivity contribution is -0.125. The van der Waals surface area contributed by atoms with Gasteiger partial charge in [0.2, 0.25) is 5.91 Å². The summed E-state index contributed by atoms with van der Waals surface area (Å²) in [6, 6.07) is 11.4. The Bertz CT molecular complexity index is 1170. The van der Waals surface area contributed by atoms with E-state index in [1.54, 1.807) is 10.8 Å². The summed E-state index contributed by atoms with van der Waals surface area (Å²) in [5.41, 5.74) is 2.13. The predicted octanol–water partition coefficient (Wildman–Crippen LogP) is 3.13. The van der Waals surface area contributed by atoms with Crippen molar-refractivity contribution in [3.8, 4) is 5.75 Å². The highest BCUT2D eigenvalue weighted by molar-refractivity contribution is 5.79. The quantitative estimate of drug-likeness (QED) is 0.596. The van der Waals surface area contributed by atoms with E-state index in [1.165, 1.54) is 0 Å². The SMILES string of the molecule is CCn1c(=O)c(N2CCCC(C(=O)NCc3ccc(OC(C)C)cc3)C2)nc2cccnc21. The molecule has 8 nitrogen and oxygen atoms in total. The smallest absolute Gasteiger partial charge is 0.295 e. The maximum absolute atomic E-state index is 13.1. The fraction of sp³-hybridized carbons (Fsp3) is 0.440. The third kappa shape index (κ3) is 5.16. The van der Waals surface area contributed by atoms with Crippen LogP contribution < -0.4 is 20.5 Å². The van der Waals surface area contributed by atoms with Crippen LogP contribution in [0, 0.1) is 5.92 Å². The summed E-state index contributed by atoms with van der Waals surface area (Å²) in [7, 11) is 0. The molecule has 33 heavy (non-hydrogen) atoms. The number of carbonyl (C=O) groups excluding carboxylic acids is 1. The second-order valence-electron chi connectivity index (χ2n) is 8.64. The van der Waals surface area contributed by atoms with Crippen LogP contribution in [0.25, 0.3) is 11.2 Å². The van der Waals surface area contributed by atoms with Crippen LogP contribution >= 0.6 is 0 Å². The van der Waals surface area contributed by atoms with E-state index in [0.717, 1.165) is 24.2 Å². The topological polar surface area (TPSA) is 89.4 Å². The summed E-state index contributed by atoms with van der Waals surface area (Å²) in [6.07, 6.45) is 3.42. The van der Waals surface area contributed by atoms with Crippen molar-refractivity contribution >= 4 is 22.9 Å². The first-order valence-electron chi connectivity index (χ1n) is 11.6. The van der Waals surface area contributed by atoms with Crippen LogP contribution in [0.15, 0.2) is 47.4 Å². The Hall–Kier alpha value is -3.42. The van der Waals surface area contributed by atoms with Gasteiger partial charge in [0.05, 0.1) is 12.0 Å². The van der Waals surface area contributed by atoms with Crippen molar-refractivity contribution in [2.24, 2.45) is 5.92 Å². The highest BCUT2D eigenvalue weighted by Gasteiger charge is 2.28. The maximum Gasteiger partial charge on any atom is 0.295 e. The molecule has 1 amide bonds. The van der Waals surface area contributed by atoms with Crippen molar-refractivity contribution in [2.75, 3.05) is 18.0 Å². The van der Waals surface area contributed by atoms with Crippen molar-refractivity contribution in [1.82, 2.24) is 19.9 Å². The van der Waals surface area contributed by atoms with Gasteiger partial charge in [0.25, 0.3) is 5.56 Å². The lowest BCUT2D eigenvalue weighted by Crippen LogP contribution is -2.45. The molecule has 4 rings (SSSR count). The molecule has 174 valence electrons. The van der Waals surface area contributed by atoms with Crippen LogP contribution in [0.1, 0.15) is 39.2 Å². The monoisotopic (exact) mass is 449 g/mol. The predicted molar refractivity (Wildman–Crippen MR) is 128 cm³/mol. The molecule has 1 fully saturated rings. The largest absolute Gasteiger partial charge is 0.491 e. The van der Waals surface area contributed by atoms with Crippen LogP contribution in [0.4, 0.5) is 5.82 Å². The van der Waals surface area contributed by atoms with Crippen LogP contribution in [-0.4, -0.2) is 39.6 Å². The van der Waals surface area contributed by atoms with Gasteiger partial charge in [-0.2, -0.15) is 0 Å². The van der Waals surface area contributed by atoms with Gasteiger partial charge in [-0.1, -0.05) is 12.1 Å². The average molecular weight is 450 g/mol. The van der Waals surface area contributed by atoms with Crippen LogP contribution in [-0.2, 0) is 17.9 Å². The number of hydrogen-bond donors (Lipinski definition) is 1. The minimum Gasteiger partial charge on any atom is -0.491 e. The molecule has 1 aromatic carbocycles. The number of rotatable bonds is 7. The zero-order valence-electron chi connectivity index (χ0n) is 19.5. The molecule has 1 N–H and O–H groups in total. The molecular formula is C25H31N5O3. The molecule has 1 aliphatic rings. The van der Waals surface area contributed by atoms with Gasteiger partial charge in [-0.3, -0.25) is 14.2 Å². The van der Waals surface area contributed by atoms with E-state index in [9.17, 15) is 9.59 Å². The first-order chi connectivity index (χ1) is 16.0. The van der Waals surface area contributed by atoms with Gasteiger partial charge < -0.3 is 15.0 Å². The first kappa shape index (κ1) is 22.8. The minimum absolute atomic E-state index is 0.000444. The zero-order valence-corrected chi connectivity index (χ0v) is 19.5. The fourth-order valence-corrected chi connectivity index (χ4v) is 4.24. The second-order valence-corrected chi connectivity index (χ2v) is 8.64. The molecule has 3 heterocycles. The Morgan fingerprint density at radius 1 is 1.24 bits per heavy atom. The summed E-state index contributed by atoms with van der Waals surface area (Å²) in [5, 5.41) is 3.05. The number of amides is 1. The van der Waals surface area contributed by atoms with Crippen molar-refractivity contribution in [1.29, 1.82) is 0 Å². The number of carbonyl (C=O) groups is 1. The van der Waals surface area contributed by atoms with E-state index >= 15 is 0 Å². The second kappa shape index (κ2) is 10.0. The molecule has 8 heteroatoms. The Balaban J connectivity index is 1.44. The van der Waals surface area contributed by atoms with E-state index in [-0.39, 0.29) is 23.5 Å². The molecule has 0 spiro atoms. The summed E-state index contributed by atoms with van der Waals surface area (Å²) in [6.45, 7) is 8.06. The number of anilines is 1. The molecule has 0 radical (unpaired) electrons. The molecule has 0 bridgehead atoms.